The third kappa shape index (κ3) is 5.20. The summed E-state index contributed by atoms with van der Waals surface area (Å²) in [6.07, 6.45) is 6.68. The molecule has 4 rings (SSSR count). The molecular weight excluding hydrogens is 422 g/mol. The van der Waals surface area contributed by atoms with Crippen LogP contribution in [0.4, 0.5) is 10.6 Å². The maximum Gasteiger partial charge on any atom is 0.407 e. The number of nitrogens with zero attached hydrogens (tertiary/aromatic N) is 2. The van der Waals surface area contributed by atoms with Crippen molar-refractivity contribution < 1.29 is 22.7 Å². The predicted octanol–water partition coefficient (Wildman–Crippen LogP) is 1.93. The number of anilines is 1. The molecule has 0 unspecified atom stereocenters. The molecule has 31 heavy (non-hydrogen) atoms. The summed E-state index contributed by atoms with van der Waals surface area (Å²) < 4.78 is 30.2. The van der Waals surface area contributed by atoms with E-state index in [0.717, 1.165) is 44.1 Å². The number of amides is 2. The van der Waals surface area contributed by atoms with Gasteiger partial charge in [0.25, 0.3) is 0 Å². The van der Waals surface area contributed by atoms with Crippen LogP contribution in [0.15, 0.2) is 6.07 Å². The Morgan fingerprint density at radius 2 is 2.06 bits per heavy atom. The topological polar surface area (TPSA) is 133 Å². The molecule has 2 aliphatic carbocycles. The van der Waals surface area contributed by atoms with Crippen LogP contribution in [0.3, 0.4) is 0 Å². The van der Waals surface area contributed by atoms with Gasteiger partial charge in [0.1, 0.15) is 6.10 Å². The van der Waals surface area contributed by atoms with Crippen LogP contribution in [0.25, 0.3) is 0 Å². The van der Waals surface area contributed by atoms with Crippen LogP contribution in [0, 0.1) is 5.92 Å². The molecule has 1 aromatic rings. The van der Waals surface area contributed by atoms with E-state index in [4.69, 9.17) is 4.74 Å². The summed E-state index contributed by atoms with van der Waals surface area (Å²) in [5.74, 6) is 0.00781. The fourth-order valence-electron chi connectivity index (χ4n) is 4.67. The number of ether oxygens (including phenoxy) is 1. The fourth-order valence-corrected chi connectivity index (χ4v) is 5.56. The number of aromatic amines is 1. The van der Waals surface area contributed by atoms with Crippen molar-refractivity contribution in [2.75, 3.05) is 24.7 Å². The van der Waals surface area contributed by atoms with Crippen LogP contribution in [0.2, 0.25) is 0 Å². The van der Waals surface area contributed by atoms with E-state index in [-0.39, 0.29) is 42.0 Å². The minimum Gasteiger partial charge on any atom is -0.446 e. The predicted molar refractivity (Wildman–Crippen MR) is 114 cm³/mol. The highest BCUT2D eigenvalue weighted by Gasteiger charge is 2.36. The van der Waals surface area contributed by atoms with Crippen LogP contribution in [0.5, 0.6) is 0 Å². The zero-order valence-corrected chi connectivity index (χ0v) is 18.8. The van der Waals surface area contributed by atoms with E-state index in [1.165, 1.54) is 4.31 Å². The quantitative estimate of drug-likeness (QED) is 0.603. The van der Waals surface area contributed by atoms with Gasteiger partial charge in [-0.25, -0.2) is 17.5 Å². The number of H-pyrrole nitrogens is 1. The normalized spacial score (nSPS) is 28.1. The van der Waals surface area contributed by atoms with Gasteiger partial charge >= 0.3 is 6.09 Å². The van der Waals surface area contributed by atoms with Gasteiger partial charge in [-0.3, -0.25) is 9.89 Å². The third-order valence-electron chi connectivity index (χ3n) is 6.80. The maximum atomic E-state index is 12.5. The first-order chi connectivity index (χ1) is 14.6. The lowest BCUT2D eigenvalue weighted by molar-refractivity contribution is -0.119. The second kappa shape index (κ2) is 8.42. The van der Waals surface area contributed by atoms with Gasteiger partial charge in [0, 0.05) is 36.3 Å². The highest BCUT2D eigenvalue weighted by molar-refractivity contribution is 7.88. The Labute approximate surface area is 182 Å². The van der Waals surface area contributed by atoms with E-state index in [0.29, 0.717) is 25.2 Å². The molecule has 2 amide bonds. The molecule has 1 aromatic heterocycles. The average molecular weight is 454 g/mol. The number of sulfonamides is 1. The number of rotatable bonds is 6. The van der Waals surface area contributed by atoms with Crippen molar-refractivity contribution in [3.63, 3.8) is 0 Å². The Kier molecular flexibility index (Phi) is 5.99. The number of hydrogen-bond donors (Lipinski definition) is 3. The monoisotopic (exact) mass is 453 g/mol. The summed E-state index contributed by atoms with van der Waals surface area (Å²) in [5.41, 5.74) is 0.778. The van der Waals surface area contributed by atoms with E-state index in [9.17, 15) is 18.0 Å². The highest BCUT2D eigenvalue weighted by Crippen LogP contribution is 2.36. The summed E-state index contributed by atoms with van der Waals surface area (Å²) in [5, 5.41) is 12.9. The van der Waals surface area contributed by atoms with Crippen LogP contribution in [0.1, 0.15) is 63.5 Å². The van der Waals surface area contributed by atoms with Gasteiger partial charge in [-0.1, -0.05) is 0 Å². The Morgan fingerprint density at radius 3 is 2.71 bits per heavy atom. The lowest BCUT2D eigenvalue weighted by atomic mass is 9.79. The van der Waals surface area contributed by atoms with E-state index >= 15 is 0 Å². The molecule has 1 saturated heterocycles. The van der Waals surface area contributed by atoms with Crippen molar-refractivity contribution in [3.8, 4) is 0 Å². The van der Waals surface area contributed by atoms with Crippen molar-refractivity contribution in [3.05, 3.63) is 11.8 Å². The van der Waals surface area contributed by atoms with Gasteiger partial charge in [-0.15, -0.1) is 0 Å². The SMILES string of the molecule is CC1(NC(=O)O[C@@H]2CC[C@H](c3cc(NC(=O)[C@@H]4CCN(S(C)(=O)=O)C4)n[nH]3)C2)CCC1. The molecule has 11 heteroatoms. The Hall–Kier alpha value is -2.14. The van der Waals surface area contributed by atoms with Gasteiger partial charge in [-0.05, 0) is 51.9 Å². The second-order valence-corrected chi connectivity index (χ2v) is 11.4. The van der Waals surface area contributed by atoms with Gasteiger partial charge in [0.15, 0.2) is 5.82 Å². The molecule has 172 valence electrons. The summed E-state index contributed by atoms with van der Waals surface area (Å²) in [7, 11) is -3.28. The van der Waals surface area contributed by atoms with E-state index in [2.05, 4.69) is 20.8 Å². The number of hydrogen-bond acceptors (Lipinski definition) is 6. The molecule has 0 aromatic carbocycles. The fraction of sp³-hybridized carbons (Fsp3) is 0.750. The van der Waals surface area contributed by atoms with Crippen LogP contribution in [-0.4, -0.2) is 65.9 Å². The third-order valence-corrected chi connectivity index (χ3v) is 8.07. The standard InChI is InChI=1S/C20H31N5O5S/c1-20(7-3-8-20)22-19(27)30-15-5-4-13(10-15)16-11-17(24-23-16)21-18(26)14-6-9-25(12-14)31(2,28)29/h11,13-15H,3-10,12H2,1-2H3,(H,22,27)(H2,21,23,24,26)/t13-,14+,15+/m0/s1. The van der Waals surface area contributed by atoms with Crippen molar-refractivity contribution in [1.82, 2.24) is 19.8 Å². The first-order valence-corrected chi connectivity index (χ1v) is 12.8. The summed E-state index contributed by atoms with van der Waals surface area (Å²) in [6.45, 7) is 2.60. The van der Waals surface area contributed by atoms with Gasteiger partial charge in [0.2, 0.25) is 15.9 Å². The van der Waals surface area contributed by atoms with Crippen molar-refractivity contribution in [1.29, 1.82) is 0 Å². The largest absolute Gasteiger partial charge is 0.446 e. The summed E-state index contributed by atoms with van der Waals surface area (Å²) in [6, 6.07) is 1.81. The van der Waals surface area contributed by atoms with E-state index < -0.39 is 10.0 Å². The molecule has 2 heterocycles. The first kappa shape index (κ1) is 22.1. The number of alkyl carbamates (subject to hydrolysis) is 1. The Balaban J connectivity index is 1.25. The van der Waals surface area contributed by atoms with Crippen molar-refractivity contribution in [2.45, 2.75) is 69.4 Å². The van der Waals surface area contributed by atoms with Crippen LogP contribution in [-0.2, 0) is 19.6 Å². The average Bonchev–Trinajstić information content (AvgIpc) is 3.39. The lowest BCUT2D eigenvalue weighted by Gasteiger charge is -2.38. The minimum absolute atomic E-state index is 0.122. The molecule has 0 spiro atoms. The molecule has 3 atom stereocenters. The van der Waals surface area contributed by atoms with Gasteiger partial charge < -0.3 is 15.4 Å². The summed E-state index contributed by atoms with van der Waals surface area (Å²) >= 11 is 0. The highest BCUT2D eigenvalue weighted by atomic mass is 32.2. The zero-order valence-electron chi connectivity index (χ0n) is 18.0. The summed E-state index contributed by atoms with van der Waals surface area (Å²) in [4.78, 5) is 24.6. The van der Waals surface area contributed by atoms with E-state index in [1.54, 1.807) is 0 Å². The molecule has 10 nitrogen and oxygen atoms in total. The van der Waals surface area contributed by atoms with Crippen molar-refractivity contribution >= 4 is 27.8 Å². The smallest absolute Gasteiger partial charge is 0.407 e. The lowest BCUT2D eigenvalue weighted by Crippen LogP contribution is -2.51. The molecule has 0 bridgehead atoms. The van der Waals surface area contributed by atoms with Crippen LogP contribution >= 0.6 is 0 Å². The molecule has 0 radical (unpaired) electrons. The molecule has 3 N–H and O–H groups in total. The van der Waals surface area contributed by atoms with Gasteiger partial charge in [0.05, 0.1) is 12.2 Å². The maximum absolute atomic E-state index is 12.5. The molecule has 3 aliphatic rings. The Morgan fingerprint density at radius 1 is 1.29 bits per heavy atom. The number of carbonyl (C=O) groups excluding carboxylic acids is 2. The first-order valence-electron chi connectivity index (χ1n) is 10.9. The molecule has 2 saturated carbocycles. The molecular formula is C20H31N5O5S. The van der Waals surface area contributed by atoms with E-state index in [1.807, 2.05) is 13.0 Å². The van der Waals surface area contributed by atoms with Crippen molar-refractivity contribution in [2.24, 2.45) is 5.92 Å². The number of carbonyl (C=O) groups is 2. The number of aromatic nitrogens is 2. The second-order valence-electron chi connectivity index (χ2n) is 9.38. The molecule has 3 fully saturated rings. The number of nitrogens with one attached hydrogen (secondary N) is 3. The zero-order chi connectivity index (χ0) is 22.2. The van der Waals surface area contributed by atoms with Gasteiger partial charge in [-0.2, -0.15) is 5.10 Å². The molecule has 1 aliphatic heterocycles. The Bertz CT molecular complexity index is 942. The van der Waals surface area contributed by atoms with Crippen LogP contribution < -0.4 is 10.6 Å². The minimum atomic E-state index is -3.28.